The van der Waals surface area contributed by atoms with Gasteiger partial charge in [-0.3, -0.25) is 10.1 Å². The monoisotopic (exact) mass is 383 g/mol. The van der Waals surface area contributed by atoms with Gasteiger partial charge in [-0.1, -0.05) is 0 Å². The van der Waals surface area contributed by atoms with Crippen molar-refractivity contribution < 1.29 is 23.6 Å². The Balaban J connectivity index is 1.59. The summed E-state index contributed by atoms with van der Waals surface area (Å²) in [6.45, 7) is 3.64. The maximum atomic E-state index is 12.1. The molecule has 0 atom stereocenters. The van der Waals surface area contributed by atoms with Crippen LogP contribution in [-0.2, 0) is 11.3 Å². The number of benzene rings is 2. The molecular weight excluding hydrogens is 366 g/mol. The number of rotatable bonds is 7. The zero-order valence-corrected chi connectivity index (χ0v) is 15.2. The van der Waals surface area contributed by atoms with Crippen LogP contribution < -0.4 is 4.74 Å². The van der Waals surface area contributed by atoms with Crippen LogP contribution in [0.5, 0.6) is 5.75 Å². The molecule has 0 unspecified atom stereocenters. The molecule has 0 saturated heterocycles. The molecule has 3 rings (SSSR count). The highest BCUT2D eigenvalue weighted by Crippen LogP contribution is 2.21. The molecule has 0 spiro atoms. The summed E-state index contributed by atoms with van der Waals surface area (Å²) < 4.78 is 16.1. The van der Waals surface area contributed by atoms with E-state index >= 15 is 0 Å². The minimum absolute atomic E-state index is 0.0396. The third-order valence-electron chi connectivity index (χ3n) is 3.58. The van der Waals surface area contributed by atoms with Crippen LogP contribution in [0.1, 0.15) is 30.1 Å². The fourth-order valence-electron chi connectivity index (χ4n) is 2.31. The van der Waals surface area contributed by atoms with Crippen molar-refractivity contribution in [2.24, 2.45) is 0 Å². The first-order valence-corrected chi connectivity index (χ1v) is 8.43. The van der Waals surface area contributed by atoms with Crippen LogP contribution in [0, 0.1) is 10.1 Å². The lowest BCUT2D eigenvalue weighted by atomic mass is 10.2. The average Bonchev–Trinajstić information content (AvgIpc) is 3.15. The van der Waals surface area contributed by atoms with Crippen molar-refractivity contribution in [2.45, 2.75) is 26.6 Å². The van der Waals surface area contributed by atoms with Crippen molar-refractivity contribution in [1.82, 2.24) is 10.2 Å². The highest BCUT2D eigenvalue weighted by molar-refractivity contribution is 5.89. The number of ether oxygens (including phenoxy) is 2. The van der Waals surface area contributed by atoms with E-state index in [0.717, 1.165) is 0 Å². The van der Waals surface area contributed by atoms with Gasteiger partial charge in [0.25, 0.3) is 11.6 Å². The van der Waals surface area contributed by atoms with Crippen LogP contribution >= 0.6 is 0 Å². The van der Waals surface area contributed by atoms with Gasteiger partial charge in [-0.2, -0.15) is 0 Å². The van der Waals surface area contributed by atoms with E-state index < -0.39 is 10.9 Å². The van der Waals surface area contributed by atoms with Crippen molar-refractivity contribution in [2.75, 3.05) is 0 Å². The van der Waals surface area contributed by atoms with Gasteiger partial charge in [0.1, 0.15) is 5.75 Å². The largest absolute Gasteiger partial charge is 0.491 e. The van der Waals surface area contributed by atoms with Gasteiger partial charge in [0.15, 0.2) is 6.61 Å². The number of hydrogen-bond donors (Lipinski definition) is 0. The molecule has 3 aromatic rings. The summed E-state index contributed by atoms with van der Waals surface area (Å²) in [5.74, 6) is 0.417. The van der Waals surface area contributed by atoms with E-state index in [1.54, 1.807) is 24.3 Å². The summed E-state index contributed by atoms with van der Waals surface area (Å²) >= 11 is 0. The highest BCUT2D eigenvalue weighted by Gasteiger charge is 2.14. The SMILES string of the molecule is CC(C)Oc1ccc(C(=O)OCc2nnc(-c3ccc([N+](=O)[O-])cc3)o2)cc1. The van der Waals surface area contributed by atoms with Crippen LogP contribution in [0.15, 0.2) is 52.9 Å². The molecule has 0 aliphatic carbocycles. The van der Waals surface area contributed by atoms with Gasteiger partial charge in [0.2, 0.25) is 5.89 Å². The van der Waals surface area contributed by atoms with Crippen LogP contribution in [0.25, 0.3) is 11.5 Å². The Morgan fingerprint density at radius 3 is 2.39 bits per heavy atom. The molecule has 1 aromatic heterocycles. The summed E-state index contributed by atoms with van der Waals surface area (Å²) in [5.41, 5.74) is 0.852. The number of esters is 1. The normalized spacial score (nSPS) is 10.7. The molecule has 0 fully saturated rings. The van der Waals surface area contributed by atoms with Gasteiger partial charge < -0.3 is 13.9 Å². The van der Waals surface area contributed by atoms with Gasteiger partial charge in [0, 0.05) is 17.7 Å². The third-order valence-corrected chi connectivity index (χ3v) is 3.58. The minimum Gasteiger partial charge on any atom is -0.491 e. The smallest absolute Gasteiger partial charge is 0.338 e. The Morgan fingerprint density at radius 1 is 1.11 bits per heavy atom. The zero-order chi connectivity index (χ0) is 20.1. The lowest BCUT2D eigenvalue weighted by Gasteiger charge is -2.09. The molecule has 0 aliphatic rings. The molecule has 9 nitrogen and oxygen atoms in total. The first kappa shape index (κ1) is 19.0. The van der Waals surface area contributed by atoms with E-state index in [1.807, 2.05) is 13.8 Å². The van der Waals surface area contributed by atoms with Crippen LogP contribution in [0.4, 0.5) is 5.69 Å². The molecular formula is C19H17N3O6. The topological polar surface area (TPSA) is 118 Å². The predicted molar refractivity (Wildman–Crippen MR) is 97.7 cm³/mol. The number of hydrogen-bond acceptors (Lipinski definition) is 8. The molecule has 0 saturated carbocycles. The minimum atomic E-state index is -0.536. The number of carbonyl (C=O) groups excluding carboxylic acids is 1. The summed E-state index contributed by atoms with van der Waals surface area (Å²) in [5, 5.41) is 18.4. The number of nitro benzene ring substituents is 1. The molecule has 0 aliphatic heterocycles. The van der Waals surface area contributed by atoms with Crippen LogP contribution in [0.2, 0.25) is 0 Å². The summed E-state index contributed by atoms with van der Waals surface area (Å²) in [6.07, 6.45) is 0.0419. The standard InChI is InChI=1S/C19H17N3O6/c1-12(2)27-16-9-5-14(6-10-16)19(23)26-11-17-20-21-18(28-17)13-3-7-15(8-4-13)22(24)25/h3-10,12H,11H2,1-2H3. The molecule has 28 heavy (non-hydrogen) atoms. The van der Waals surface area contributed by atoms with Gasteiger partial charge in [-0.25, -0.2) is 4.79 Å². The fourth-order valence-corrected chi connectivity index (χ4v) is 2.31. The van der Waals surface area contributed by atoms with E-state index in [-0.39, 0.29) is 30.2 Å². The van der Waals surface area contributed by atoms with Crippen molar-refractivity contribution in [3.05, 3.63) is 70.1 Å². The van der Waals surface area contributed by atoms with Crippen LogP contribution in [-0.4, -0.2) is 27.2 Å². The lowest BCUT2D eigenvalue weighted by molar-refractivity contribution is -0.384. The average molecular weight is 383 g/mol. The molecule has 0 radical (unpaired) electrons. The predicted octanol–water partition coefficient (Wildman–Crippen LogP) is 3.79. The maximum absolute atomic E-state index is 12.1. The number of aromatic nitrogens is 2. The zero-order valence-electron chi connectivity index (χ0n) is 15.2. The quantitative estimate of drug-likeness (QED) is 0.343. The second-order valence-electron chi connectivity index (χ2n) is 6.07. The van der Waals surface area contributed by atoms with Gasteiger partial charge in [-0.05, 0) is 50.2 Å². The molecule has 9 heteroatoms. The van der Waals surface area contributed by atoms with Gasteiger partial charge in [0.05, 0.1) is 16.6 Å². The number of non-ortho nitro benzene ring substituents is 1. The van der Waals surface area contributed by atoms with Gasteiger partial charge in [-0.15, -0.1) is 10.2 Å². The van der Waals surface area contributed by atoms with Gasteiger partial charge >= 0.3 is 5.97 Å². The second kappa shape index (κ2) is 8.30. The molecule has 0 amide bonds. The Morgan fingerprint density at radius 2 is 1.79 bits per heavy atom. The first-order chi connectivity index (χ1) is 13.4. The number of carbonyl (C=O) groups is 1. The van der Waals surface area contributed by atoms with E-state index in [2.05, 4.69) is 10.2 Å². The number of nitro groups is 1. The van der Waals surface area contributed by atoms with Crippen molar-refractivity contribution in [3.63, 3.8) is 0 Å². The summed E-state index contributed by atoms with van der Waals surface area (Å²) in [7, 11) is 0. The van der Waals surface area contributed by atoms with E-state index in [0.29, 0.717) is 16.9 Å². The highest BCUT2D eigenvalue weighted by atomic mass is 16.6. The number of nitrogens with zero attached hydrogens (tertiary/aromatic N) is 3. The Bertz CT molecular complexity index is 964. The van der Waals surface area contributed by atoms with E-state index in [1.165, 1.54) is 24.3 Å². The molecule has 2 aromatic carbocycles. The molecule has 0 N–H and O–H groups in total. The third kappa shape index (κ3) is 4.70. The van der Waals surface area contributed by atoms with Crippen molar-refractivity contribution in [3.8, 4) is 17.2 Å². The fraction of sp³-hybridized carbons (Fsp3) is 0.211. The molecule has 1 heterocycles. The Hall–Kier alpha value is -3.75. The summed E-state index contributed by atoms with van der Waals surface area (Å²) in [6, 6.07) is 12.3. The molecule has 144 valence electrons. The Labute approximate surface area is 160 Å². The molecule has 0 bridgehead atoms. The van der Waals surface area contributed by atoms with Crippen molar-refractivity contribution in [1.29, 1.82) is 0 Å². The maximum Gasteiger partial charge on any atom is 0.338 e. The summed E-state index contributed by atoms with van der Waals surface area (Å²) in [4.78, 5) is 22.3. The second-order valence-corrected chi connectivity index (χ2v) is 6.07. The van der Waals surface area contributed by atoms with Crippen LogP contribution in [0.3, 0.4) is 0 Å². The van der Waals surface area contributed by atoms with E-state index in [4.69, 9.17) is 13.9 Å². The first-order valence-electron chi connectivity index (χ1n) is 8.43. The van der Waals surface area contributed by atoms with E-state index in [9.17, 15) is 14.9 Å². The lowest BCUT2D eigenvalue weighted by Crippen LogP contribution is -2.07. The Kier molecular flexibility index (Phi) is 5.64. The van der Waals surface area contributed by atoms with Crippen molar-refractivity contribution >= 4 is 11.7 Å².